The van der Waals surface area contributed by atoms with E-state index in [-0.39, 0.29) is 29.2 Å². The molecule has 8 N–H and O–H groups in total. The molecule has 17 heteroatoms. The predicted molar refractivity (Wildman–Crippen MR) is 153 cm³/mol. The number of hydrogen-bond donors (Lipinski definition) is 8. The van der Waals surface area contributed by atoms with Crippen LogP contribution < -0.4 is 14.2 Å². The molecule has 0 unspecified atom stereocenters. The van der Waals surface area contributed by atoms with Crippen molar-refractivity contribution in [2.75, 3.05) is 20.8 Å². The van der Waals surface area contributed by atoms with E-state index < -0.39 is 104 Å². The second kappa shape index (κ2) is 14.0. The van der Waals surface area contributed by atoms with E-state index in [0.29, 0.717) is 0 Å². The van der Waals surface area contributed by atoms with Crippen LogP contribution in [-0.4, -0.2) is 147 Å². The molecule has 47 heavy (non-hydrogen) atoms. The molecule has 1 aromatic carbocycles. The molecule has 3 fully saturated rings. The molecular weight excluding hydrogens is 632 g/mol. The van der Waals surface area contributed by atoms with Crippen molar-refractivity contribution >= 4 is 5.97 Å². The summed E-state index contributed by atoms with van der Waals surface area (Å²) in [5.41, 5.74) is -1.55. The minimum absolute atomic E-state index is 0.00406. The second-order valence-electron chi connectivity index (χ2n) is 12.3. The molecule has 1 aliphatic carbocycles. The van der Waals surface area contributed by atoms with Crippen LogP contribution in [0.1, 0.15) is 30.6 Å². The van der Waals surface area contributed by atoms with Gasteiger partial charge in [0.2, 0.25) is 18.3 Å². The van der Waals surface area contributed by atoms with Gasteiger partial charge in [-0.2, -0.15) is 0 Å². The molecule has 3 heterocycles. The number of methoxy groups -OCH3 is 2. The average Bonchev–Trinajstić information content (AvgIpc) is 3.32. The first kappa shape index (κ1) is 35.5. The third kappa shape index (κ3) is 6.75. The quantitative estimate of drug-likeness (QED) is 0.126. The second-order valence-corrected chi connectivity index (χ2v) is 12.3. The number of fused-ring (bicyclic) bond motifs is 1. The monoisotopic (exact) mass is 674 g/mol. The number of aliphatic hydroxyl groups excluding tert-OH is 7. The lowest BCUT2D eigenvalue weighted by molar-refractivity contribution is -0.346. The highest BCUT2D eigenvalue weighted by Crippen LogP contribution is 2.48. The van der Waals surface area contributed by atoms with Crippen LogP contribution in [0.4, 0.5) is 0 Å². The highest BCUT2D eigenvalue weighted by Gasteiger charge is 2.58. The Labute approximate surface area is 269 Å². The Hall–Kier alpha value is -2.81. The van der Waals surface area contributed by atoms with Gasteiger partial charge in [-0.1, -0.05) is 0 Å². The number of hydrogen-bond acceptors (Lipinski definition) is 17. The van der Waals surface area contributed by atoms with Gasteiger partial charge in [0.1, 0.15) is 48.8 Å². The van der Waals surface area contributed by atoms with Gasteiger partial charge in [0.05, 0.1) is 50.3 Å². The summed E-state index contributed by atoms with van der Waals surface area (Å²) in [5, 5.41) is 82.2. The van der Waals surface area contributed by atoms with Crippen LogP contribution in [0.3, 0.4) is 0 Å². The number of aliphatic hydroxyl groups is 8. The topological polar surface area (TPSA) is 253 Å². The van der Waals surface area contributed by atoms with E-state index >= 15 is 0 Å². The van der Waals surface area contributed by atoms with Gasteiger partial charge in [-0.05, 0) is 32.1 Å². The lowest BCUT2D eigenvalue weighted by atomic mass is 9.85. The van der Waals surface area contributed by atoms with Crippen molar-refractivity contribution in [3.63, 3.8) is 0 Å². The van der Waals surface area contributed by atoms with Crippen LogP contribution in [0.5, 0.6) is 17.2 Å². The van der Waals surface area contributed by atoms with Crippen molar-refractivity contribution in [3.05, 3.63) is 30.0 Å². The van der Waals surface area contributed by atoms with E-state index in [2.05, 4.69) is 0 Å². The van der Waals surface area contributed by atoms with Crippen molar-refractivity contribution in [2.45, 2.75) is 99.7 Å². The smallest absolute Gasteiger partial charge is 0.338 e. The molecular formula is C30H42O17. The van der Waals surface area contributed by atoms with E-state index in [4.69, 9.17) is 37.9 Å². The van der Waals surface area contributed by atoms with Gasteiger partial charge in [-0.15, -0.1) is 0 Å². The number of rotatable bonds is 9. The van der Waals surface area contributed by atoms with Crippen LogP contribution >= 0.6 is 0 Å². The van der Waals surface area contributed by atoms with Crippen LogP contribution in [0.25, 0.3) is 0 Å². The number of esters is 1. The average molecular weight is 675 g/mol. The molecule has 0 spiro atoms. The Bertz CT molecular complexity index is 1260. The molecule has 0 bridgehead atoms. The van der Waals surface area contributed by atoms with Crippen molar-refractivity contribution < 1.29 is 83.5 Å². The van der Waals surface area contributed by atoms with Gasteiger partial charge in [0.15, 0.2) is 17.8 Å². The number of carbonyl (C=O) groups is 1. The fourth-order valence-corrected chi connectivity index (χ4v) is 6.44. The fraction of sp³-hybridized carbons (Fsp3) is 0.700. The summed E-state index contributed by atoms with van der Waals surface area (Å²) in [6.07, 6.45) is -13.9. The Balaban J connectivity index is 1.32. The van der Waals surface area contributed by atoms with Gasteiger partial charge in [-0.25, -0.2) is 4.79 Å². The molecule has 15 atom stereocenters. The summed E-state index contributed by atoms with van der Waals surface area (Å²) in [4.78, 5) is 13.5. The summed E-state index contributed by atoms with van der Waals surface area (Å²) < 4.78 is 44.8. The molecule has 0 radical (unpaired) electrons. The summed E-state index contributed by atoms with van der Waals surface area (Å²) >= 11 is 0. The maximum atomic E-state index is 13.5. The van der Waals surface area contributed by atoms with Crippen molar-refractivity contribution in [1.82, 2.24) is 0 Å². The lowest BCUT2D eigenvalue weighted by Gasteiger charge is -2.43. The largest absolute Gasteiger partial charge is 0.493 e. The Morgan fingerprint density at radius 2 is 1.51 bits per heavy atom. The first-order valence-corrected chi connectivity index (χ1v) is 15.1. The number of benzene rings is 1. The number of ether oxygens (including phenoxy) is 8. The van der Waals surface area contributed by atoms with Crippen LogP contribution in [-0.2, 0) is 23.7 Å². The molecule has 17 nitrogen and oxygen atoms in total. The van der Waals surface area contributed by atoms with Gasteiger partial charge < -0.3 is 78.7 Å². The predicted octanol–water partition coefficient (Wildman–Crippen LogP) is -2.49. The zero-order valence-electron chi connectivity index (χ0n) is 26.1. The summed E-state index contributed by atoms with van der Waals surface area (Å²) in [5.74, 6) is -2.38. The number of carbonyl (C=O) groups excluding carboxylic acids is 1. The zero-order valence-corrected chi connectivity index (χ0v) is 26.1. The molecule has 3 aliphatic heterocycles. The molecule has 0 aromatic heterocycles. The maximum Gasteiger partial charge on any atom is 0.338 e. The Morgan fingerprint density at radius 1 is 0.894 bits per heavy atom. The molecule has 4 aliphatic rings. The van der Waals surface area contributed by atoms with Gasteiger partial charge in [-0.3, -0.25) is 0 Å². The van der Waals surface area contributed by atoms with Crippen LogP contribution in [0, 0.1) is 11.8 Å². The van der Waals surface area contributed by atoms with Gasteiger partial charge >= 0.3 is 5.97 Å². The van der Waals surface area contributed by atoms with E-state index in [9.17, 15) is 45.6 Å². The third-order valence-corrected chi connectivity index (χ3v) is 9.10. The van der Waals surface area contributed by atoms with Crippen molar-refractivity contribution in [2.24, 2.45) is 11.8 Å². The zero-order chi connectivity index (χ0) is 34.4. The Morgan fingerprint density at radius 3 is 2.13 bits per heavy atom. The summed E-state index contributed by atoms with van der Waals surface area (Å²) in [6, 6.07) is 2.61. The van der Waals surface area contributed by atoms with Crippen molar-refractivity contribution in [1.29, 1.82) is 0 Å². The fourth-order valence-electron chi connectivity index (χ4n) is 6.44. The van der Waals surface area contributed by atoms with E-state index in [1.807, 2.05) is 0 Å². The minimum atomic E-state index is -1.70. The molecule has 1 saturated carbocycles. The third-order valence-electron chi connectivity index (χ3n) is 9.10. The molecule has 264 valence electrons. The van der Waals surface area contributed by atoms with Crippen LogP contribution in [0.2, 0.25) is 0 Å². The molecule has 5 rings (SSSR count). The lowest BCUT2D eigenvalue weighted by Crippen LogP contribution is -2.60. The van der Waals surface area contributed by atoms with E-state index in [1.165, 1.54) is 46.5 Å². The normalized spacial score (nSPS) is 43.1. The summed E-state index contributed by atoms with van der Waals surface area (Å²) in [7, 11) is 2.61. The molecule has 1 aromatic rings. The Kier molecular flexibility index (Phi) is 10.5. The first-order chi connectivity index (χ1) is 22.2. The molecule has 2 saturated heterocycles. The van der Waals surface area contributed by atoms with E-state index in [1.54, 1.807) is 6.08 Å². The standard InChI is InChI=1S/C30H42O17/c1-11-19(32)21(34)23(36)28(43-11)46-25-14(40-3)7-12(8-15(25)41-4)26(38)44-16-9-30(2,39)18-13(16)5-6-42-27(18)47-29-24(37)22(35)20(33)17(10-31)45-29/h5-8,11,13,16-24,27-29,31-37,39H,9-10H2,1-4H3/t11-,13-,16+,17+,18+,19-,20+,21+,22-,23+,24+,27-,28-,29-,30-/m0/s1. The minimum Gasteiger partial charge on any atom is -0.493 e. The summed E-state index contributed by atoms with van der Waals surface area (Å²) in [6.45, 7) is 2.33. The first-order valence-electron chi connectivity index (χ1n) is 15.1. The highest BCUT2D eigenvalue weighted by atomic mass is 16.8. The van der Waals surface area contributed by atoms with Gasteiger partial charge in [0.25, 0.3) is 0 Å². The van der Waals surface area contributed by atoms with E-state index in [0.717, 1.165) is 0 Å². The SMILES string of the molecule is COc1cc(C(=O)O[C@@H]2C[C@](C)(O)[C@H]3[C@H](O[C@@H]4O[C@H](CO)[C@@H](O)[C@H](O)[C@H]4O)OC=C[C@H]32)cc(OC)c1O[C@@H]1O[C@@H](C)[C@H](O)[C@@H](O)[C@H]1O. The van der Waals surface area contributed by atoms with Crippen molar-refractivity contribution in [3.8, 4) is 17.2 Å². The van der Waals surface area contributed by atoms with Gasteiger partial charge in [0, 0.05) is 12.3 Å². The highest BCUT2D eigenvalue weighted by molar-refractivity contribution is 5.91. The molecule has 0 amide bonds. The van der Waals surface area contributed by atoms with Crippen LogP contribution in [0.15, 0.2) is 24.5 Å². The maximum absolute atomic E-state index is 13.5.